The van der Waals surface area contributed by atoms with Gasteiger partial charge in [-0.25, -0.2) is 0 Å². The molecule has 0 amide bonds. The molecule has 2 aromatic heterocycles. The maximum atomic E-state index is 5.33. The van der Waals surface area contributed by atoms with Crippen molar-refractivity contribution >= 4 is 15.9 Å². The Bertz CT molecular complexity index is 425. The Hall–Kier alpha value is -1.09. The molecule has 0 spiro atoms. The largest absolute Gasteiger partial charge is 0.468 e. The molecule has 0 aliphatic heterocycles. The zero-order valence-electron chi connectivity index (χ0n) is 8.48. The first-order chi connectivity index (χ1) is 7.27. The lowest BCUT2D eigenvalue weighted by Crippen LogP contribution is -1.98. The fourth-order valence-corrected chi connectivity index (χ4v) is 2.04. The fourth-order valence-electron chi connectivity index (χ4n) is 1.47. The van der Waals surface area contributed by atoms with Crippen LogP contribution >= 0.6 is 15.9 Å². The maximum absolute atomic E-state index is 5.33. The van der Waals surface area contributed by atoms with Gasteiger partial charge in [0, 0.05) is 18.3 Å². The predicted octanol–water partition coefficient (Wildman–Crippen LogP) is 3.66. The number of nitrogens with zero attached hydrogens (tertiary/aromatic N) is 1. The van der Waals surface area contributed by atoms with Gasteiger partial charge in [0.25, 0.3) is 0 Å². The van der Waals surface area contributed by atoms with Crippen molar-refractivity contribution < 1.29 is 4.42 Å². The van der Waals surface area contributed by atoms with Gasteiger partial charge in [-0.2, -0.15) is 0 Å². The van der Waals surface area contributed by atoms with Crippen molar-refractivity contribution in [3.05, 3.63) is 53.7 Å². The van der Waals surface area contributed by atoms with Crippen LogP contribution in [0.2, 0.25) is 0 Å². The third-order valence-electron chi connectivity index (χ3n) is 2.34. The van der Waals surface area contributed by atoms with Gasteiger partial charge >= 0.3 is 0 Å². The van der Waals surface area contributed by atoms with Crippen molar-refractivity contribution in [2.24, 2.45) is 0 Å². The Kier molecular flexibility index (Phi) is 3.21. The van der Waals surface area contributed by atoms with Crippen LogP contribution < -0.4 is 0 Å². The summed E-state index contributed by atoms with van der Waals surface area (Å²) >= 11 is 3.60. The Morgan fingerprint density at radius 1 is 1.40 bits per heavy atom. The molecule has 0 saturated heterocycles. The van der Waals surface area contributed by atoms with Crippen LogP contribution in [-0.4, -0.2) is 4.98 Å². The highest BCUT2D eigenvalue weighted by Gasteiger charge is 2.12. The number of furan rings is 1. The van der Waals surface area contributed by atoms with E-state index in [-0.39, 0.29) is 4.83 Å². The molecule has 2 aromatic rings. The summed E-state index contributed by atoms with van der Waals surface area (Å²) in [7, 11) is 0. The molecule has 0 aliphatic rings. The first-order valence-corrected chi connectivity index (χ1v) is 5.77. The van der Waals surface area contributed by atoms with E-state index in [4.69, 9.17) is 4.42 Å². The number of rotatable bonds is 3. The molecule has 0 saturated carbocycles. The third kappa shape index (κ3) is 2.48. The molecule has 3 heteroatoms. The zero-order chi connectivity index (χ0) is 10.7. The lowest BCUT2D eigenvalue weighted by molar-refractivity contribution is 0.506. The summed E-state index contributed by atoms with van der Waals surface area (Å²) in [5, 5.41) is 0. The highest BCUT2D eigenvalue weighted by atomic mass is 79.9. The summed E-state index contributed by atoms with van der Waals surface area (Å²) in [5.41, 5.74) is 2.32. The SMILES string of the molecule is Cc1cccnc1CC(Br)c1ccco1. The summed E-state index contributed by atoms with van der Waals surface area (Å²) < 4.78 is 5.33. The van der Waals surface area contributed by atoms with Crippen molar-refractivity contribution in [2.45, 2.75) is 18.2 Å². The monoisotopic (exact) mass is 265 g/mol. The topological polar surface area (TPSA) is 26.0 Å². The molecule has 0 aromatic carbocycles. The van der Waals surface area contributed by atoms with Crippen molar-refractivity contribution in [1.82, 2.24) is 4.98 Å². The standard InChI is InChI=1S/C12H12BrNO/c1-9-4-2-6-14-11(9)8-10(13)12-5-3-7-15-12/h2-7,10H,8H2,1H3. The normalized spacial score (nSPS) is 12.7. The first kappa shape index (κ1) is 10.4. The summed E-state index contributed by atoms with van der Waals surface area (Å²) in [5.74, 6) is 0.944. The molecule has 2 nitrogen and oxygen atoms in total. The number of aryl methyl sites for hydroxylation is 1. The molecule has 0 fully saturated rings. The van der Waals surface area contributed by atoms with Gasteiger partial charge in [0.15, 0.2) is 0 Å². The smallest absolute Gasteiger partial charge is 0.117 e. The minimum Gasteiger partial charge on any atom is -0.468 e. The molecule has 2 heterocycles. The quantitative estimate of drug-likeness (QED) is 0.792. The molecule has 2 rings (SSSR count). The van der Waals surface area contributed by atoms with Crippen LogP contribution in [0, 0.1) is 6.92 Å². The average Bonchev–Trinajstić information content (AvgIpc) is 2.74. The van der Waals surface area contributed by atoms with Crippen LogP contribution in [0.1, 0.15) is 21.8 Å². The van der Waals surface area contributed by atoms with Crippen molar-refractivity contribution in [3.8, 4) is 0 Å². The van der Waals surface area contributed by atoms with E-state index in [1.54, 1.807) is 6.26 Å². The van der Waals surface area contributed by atoms with E-state index >= 15 is 0 Å². The summed E-state index contributed by atoms with van der Waals surface area (Å²) in [6, 6.07) is 7.89. The van der Waals surface area contributed by atoms with Crippen molar-refractivity contribution in [3.63, 3.8) is 0 Å². The molecular formula is C12H12BrNO. The van der Waals surface area contributed by atoms with Gasteiger partial charge in [-0.05, 0) is 30.7 Å². The Morgan fingerprint density at radius 2 is 2.27 bits per heavy atom. The molecule has 0 bridgehead atoms. The summed E-state index contributed by atoms with van der Waals surface area (Å²) in [6.07, 6.45) is 4.36. The predicted molar refractivity (Wildman–Crippen MR) is 63.1 cm³/mol. The van der Waals surface area contributed by atoms with Crippen LogP contribution in [0.3, 0.4) is 0 Å². The van der Waals surface area contributed by atoms with Crippen LogP contribution in [0.4, 0.5) is 0 Å². The van der Waals surface area contributed by atoms with Crippen molar-refractivity contribution in [1.29, 1.82) is 0 Å². The second-order valence-corrected chi connectivity index (χ2v) is 4.56. The minimum absolute atomic E-state index is 0.195. The minimum atomic E-state index is 0.195. The van der Waals surface area contributed by atoms with E-state index in [0.717, 1.165) is 17.9 Å². The Labute approximate surface area is 97.5 Å². The number of halogens is 1. The molecule has 1 unspecified atom stereocenters. The van der Waals surface area contributed by atoms with Crippen molar-refractivity contribution in [2.75, 3.05) is 0 Å². The second-order valence-electron chi connectivity index (χ2n) is 3.45. The number of hydrogen-bond donors (Lipinski definition) is 0. The molecule has 0 radical (unpaired) electrons. The van der Waals surface area contributed by atoms with Crippen LogP contribution in [0.25, 0.3) is 0 Å². The maximum Gasteiger partial charge on any atom is 0.117 e. The third-order valence-corrected chi connectivity index (χ3v) is 3.12. The van der Waals surface area contributed by atoms with Gasteiger partial charge in [-0.3, -0.25) is 4.98 Å². The molecule has 15 heavy (non-hydrogen) atoms. The average molecular weight is 266 g/mol. The van der Waals surface area contributed by atoms with Gasteiger partial charge in [-0.1, -0.05) is 22.0 Å². The number of aromatic nitrogens is 1. The highest BCUT2D eigenvalue weighted by molar-refractivity contribution is 9.09. The number of hydrogen-bond acceptors (Lipinski definition) is 2. The zero-order valence-corrected chi connectivity index (χ0v) is 10.1. The summed E-state index contributed by atoms with van der Waals surface area (Å²) in [6.45, 7) is 2.07. The molecule has 1 atom stereocenters. The van der Waals surface area contributed by atoms with E-state index < -0.39 is 0 Å². The molecule has 78 valence electrons. The van der Waals surface area contributed by atoms with Gasteiger partial charge in [0.1, 0.15) is 5.76 Å². The van der Waals surface area contributed by atoms with E-state index in [1.807, 2.05) is 24.4 Å². The van der Waals surface area contributed by atoms with Gasteiger partial charge < -0.3 is 4.42 Å². The molecule has 0 N–H and O–H groups in total. The molecular weight excluding hydrogens is 254 g/mol. The Morgan fingerprint density at radius 3 is 2.93 bits per heavy atom. The summed E-state index contributed by atoms with van der Waals surface area (Å²) in [4.78, 5) is 4.55. The van der Waals surface area contributed by atoms with E-state index in [2.05, 4.69) is 33.9 Å². The van der Waals surface area contributed by atoms with Crippen LogP contribution in [0.5, 0.6) is 0 Å². The highest BCUT2D eigenvalue weighted by Crippen LogP contribution is 2.27. The van der Waals surface area contributed by atoms with E-state index in [0.29, 0.717) is 0 Å². The van der Waals surface area contributed by atoms with E-state index in [9.17, 15) is 0 Å². The second kappa shape index (κ2) is 4.62. The fraction of sp³-hybridized carbons (Fsp3) is 0.250. The first-order valence-electron chi connectivity index (χ1n) is 4.85. The lowest BCUT2D eigenvalue weighted by atomic mass is 10.1. The van der Waals surface area contributed by atoms with Gasteiger partial charge in [0.2, 0.25) is 0 Å². The van der Waals surface area contributed by atoms with E-state index in [1.165, 1.54) is 5.56 Å². The van der Waals surface area contributed by atoms with Crippen LogP contribution in [0.15, 0.2) is 41.1 Å². The molecule has 0 aliphatic carbocycles. The van der Waals surface area contributed by atoms with Crippen LogP contribution in [-0.2, 0) is 6.42 Å². The Balaban J connectivity index is 2.13. The number of alkyl halides is 1. The number of pyridine rings is 1. The lowest BCUT2D eigenvalue weighted by Gasteiger charge is -2.08. The van der Waals surface area contributed by atoms with Gasteiger partial charge in [0.05, 0.1) is 11.1 Å². The van der Waals surface area contributed by atoms with Gasteiger partial charge in [-0.15, -0.1) is 0 Å².